The van der Waals surface area contributed by atoms with E-state index in [0.717, 1.165) is 12.2 Å². The Bertz CT molecular complexity index is 248. The zero-order chi connectivity index (χ0) is 11.1. The van der Waals surface area contributed by atoms with E-state index in [4.69, 9.17) is 14.3 Å². The van der Waals surface area contributed by atoms with Gasteiger partial charge in [0.1, 0.15) is 5.76 Å². The van der Waals surface area contributed by atoms with E-state index >= 15 is 0 Å². The van der Waals surface area contributed by atoms with Crippen LogP contribution in [0.5, 0.6) is 0 Å². The summed E-state index contributed by atoms with van der Waals surface area (Å²) in [6.45, 7) is 2.65. The predicted octanol–water partition coefficient (Wildman–Crippen LogP) is 0.807. The molecule has 2 unspecified atom stereocenters. The standard InChI is InChI=1S/C11H19NO3/c1-9(6-11-4-3-5-15-11)12-10(7-13)8-14-2/h3-5,9-10,12-13H,6-8H2,1-2H3. The summed E-state index contributed by atoms with van der Waals surface area (Å²) in [5.41, 5.74) is 0. The molecule has 1 aromatic heterocycles. The minimum Gasteiger partial charge on any atom is -0.469 e. The molecule has 0 aromatic carbocycles. The lowest BCUT2D eigenvalue weighted by Gasteiger charge is -2.20. The summed E-state index contributed by atoms with van der Waals surface area (Å²) < 4.78 is 10.2. The summed E-state index contributed by atoms with van der Waals surface area (Å²) in [6, 6.07) is 4.06. The molecule has 86 valence electrons. The molecule has 0 aliphatic rings. The molecular weight excluding hydrogens is 194 g/mol. The number of methoxy groups -OCH3 is 1. The number of rotatable bonds is 7. The maximum Gasteiger partial charge on any atom is 0.105 e. The minimum absolute atomic E-state index is 0.0139. The van der Waals surface area contributed by atoms with Crippen LogP contribution in [-0.4, -0.2) is 37.5 Å². The summed E-state index contributed by atoms with van der Waals surface area (Å²) in [5, 5.41) is 12.3. The lowest BCUT2D eigenvalue weighted by Crippen LogP contribution is -2.42. The van der Waals surface area contributed by atoms with Crippen LogP contribution in [0, 0.1) is 0 Å². The van der Waals surface area contributed by atoms with Gasteiger partial charge in [-0.25, -0.2) is 0 Å². The Morgan fingerprint density at radius 2 is 2.40 bits per heavy atom. The van der Waals surface area contributed by atoms with Crippen LogP contribution < -0.4 is 5.32 Å². The van der Waals surface area contributed by atoms with E-state index in [2.05, 4.69) is 12.2 Å². The second-order valence-electron chi connectivity index (χ2n) is 3.69. The average molecular weight is 213 g/mol. The second kappa shape index (κ2) is 6.61. The van der Waals surface area contributed by atoms with E-state index < -0.39 is 0 Å². The smallest absolute Gasteiger partial charge is 0.105 e. The van der Waals surface area contributed by atoms with Gasteiger partial charge in [-0.2, -0.15) is 0 Å². The molecular formula is C11H19NO3. The maximum absolute atomic E-state index is 9.07. The Labute approximate surface area is 90.2 Å². The van der Waals surface area contributed by atoms with Gasteiger partial charge < -0.3 is 19.6 Å². The topological polar surface area (TPSA) is 54.6 Å². The van der Waals surface area contributed by atoms with Gasteiger partial charge in [-0.3, -0.25) is 0 Å². The van der Waals surface area contributed by atoms with Crippen molar-refractivity contribution in [3.63, 3.8) is 0 Å². The average Bonchev–Trinajstić information content (AvgIpc) is 2.69. The van der Waals surface area contributed by atoms with Gasteiger partial charge in [0.25, 0.3) is 0 Å². The largest absolute Gasteiger partial charge is 0.469 e. The fraction of sp³-hybridized carbons (Fsp3) is 0.636. The quantitative estimate of drug-likeness (QED) is 0.703. The molecule has 15 heavy (non-hydrogen) atoms. The lowest BCUT2D eigenvalue weighted by atomic mass is 10.1. The van der Waals surface area contributed by atoms with Gasteiger partial charge in [0.15, 0.2) is 0 Å². The van der Waals surface area contributed by atoms with E-state index in [1.807, 2.05) is 12.1 Å². The van der Waals surface area contributed by atoms with Crippen LogP contribution in [0.25, 0.3) is 0 Å². The van der Waals surface area contributed by atoms with Crippen molar-refractivity contribution in [2.45, 2.75) is 25.4 Å². The molecule has 0 spiro atoms. The summed E-state index contributed by atoms with van der Waals surface area (Å²) in [5.74, 6) is 0.948. The SMILES string of the molecule is COCC(CO)NC(C)Cc1ccco1. The molecule has 0 aliphatic heterocycles. The van der Waals surface area contributed by atoms with E-state index in [1.54, 1.807) is 13.4 Å². The highest BCUT2D eigenvalue weighted by Gasteiger charge is 2.12. The zero-order valence-electron chi connectivity index (χ0n) is 9.27. The third-order valence-electron chi connectivity index (χ3n) is 2.20. The summed E-state index contributed by atoms with van der Waals surface area (Å²) >= 11 is 0. The second-order valence-corrected chi connectivity index (χ2v) is 3.69. The molecule has 2 N–H and O–H groups in total. The van der Waals surface area contributed by atoms with Gasteiger partial charge in [0, 0.05) is 19.6 Å². The van der Waals surface area contributed by atoms with Crippen LogP contribution in [0.2, 0.25) is 0 Å². The van der Waals surface area contributed by atoms with Crippen molar-refractivity contribution in [3.05, 3.63) is 24.2 Å². The Kier molecular flexibility index (Phi) is 5.39. The first-order chi connectivity index (χ1) is 7.26. The van der Waals surface area contributed by atoms with Crippen LogP contribution in [0.4, 0.5) is 0 Å². The number of hydrogen-bond acceptors (Lipinski definition) is 4. The molecule has 4 nitrogen and oxygen atoms in total. The van der Waals surface area contributed by atoms with E-state index in [0.29, 0.717) is 6.61 Å². The van der Waals surface area contributed by atoms with Gasteiger partial charge >= 0.3 is 0 Å². The number of ether oxygens (including phenoxy) is 1. The number of furan rings is 1. The van der Waals surface area contributed by atoms with Crippen molar-refractivity contribution in [3.8, 4) is 0 Å². The van der Waals surface area contributed by atoms with E-state index in [-0.39, 0.29) is 18.7 Å². The fourth-order valence-corrected chi connectivity index (χ4v) is 1.55. The van der Waals surface area contributed by atoms with Crippen LogP contribution >= 0.6 is 0 Å². The van der Waals surface area contributed by atoms with Crippen LogP contribution in [0.3, 0.4) is 0 Å². The Hall–Kier alpha value is -0.840. The molecule has 0 fully saturated rings. The fourth-order valence-electron chi connectivity index (χ4n) is 1.55. The zero-order valence-corrected chi connectivity index (χ0v) is 9.27. The Morgan fingerprint density at radius 3 is 2.93 bits per heavy atom. The van der Waals surface area contributed by atoms with Crippen LogP contribution in [0.1, 0.15) is 12.7 Å². The number of aliphatic hydroxyl groups is 1. The summed E-state index contributed by atoms with van der Waals surface area (Å²) in [4.78, 5) is 0. The molecule has 1 rings (SSSR count). The minimum atomic E-state index is -0.0139. The normalized spacial score (nSPS) is 15.1. The third-order valence-corrected chi connectivity index (χ3v) is 2.20. The van der Waals surface area contributed by atoms with E-state index in [9.17, 15) is 0 Å². The van der Waals surface area contributed by atoms with Gasteiger partial charge in [0.2, 0.25) is 0 Å². The highest BCUT2D eigenvalue weighted by molar-refractivity contribution is 5.00. The molecule has 2 atom stereocenters. The lowest BCUT2D eigenvalue weighted by molar-refractivity contribution is 0.123. The summed E-state index contributed by atoms with van der Waals surface area (Å²) in [7, 11) is 1.63. The van der Waals surface area contributed by atoms with Gasteiger partial charge in [-0.15, -0.1) is 0 Å². The first kappa shape index (κ1) is 12.2. The van der Waals surface area contributed by atoms with Gasteiger partial charge in [-0.05, 0) is 19.1 Å². The molecule has 0 bridgehead atoms. The van der Waals surface area contributed by atoms with Crippen molar-refractivity contribution < 1.29 is 14.3 Å². The van der Waals surface area contributed by atoms with Gasteiger partial charge in [-0.1, -0.05) is 0 Å². The number of hydrogen-bond donors (Lipinski definition) is 2. The molecule has 0 amide bonds. The number of nitrogens with one attached hydrogen (secondary N) is 1. The maximum atomic E-state index is 9.07. The third kappa shape index (κ3) is 4.46. The Morgan fingerprint density at radius 1 is 1.60 bits per heavy atom. The van der Waals surface area contributed by atoms with Crippen molar-refractivity contribution in [1.29, 1.82) is 0 Å². The Balaban J connectivity index is 2.30. The van der Waals surface area contributed by atoms with Crippen molar-refractivity contribution in [2.75, 3.05) is 20.3 Å². The molecule has 0 radical (unpaired) electrons. The van der Waals surface area contributed by atoms with Crippen molar-refractivity contribution in [1.82, 2.24) is 5.32 Å². The summed E-state index contributed by atoms with van der Waals surface area (Å²) in [6.07, 6.45) is 2.48. The van der Waals surface area contributed by atoms with Crippen LogP contribution in [0.15, 0.2) is 22.8 Å². The number of aliphatic hydroxyl groups excluding tert-OH is 1. The van der Waals surface area contributed by atoms with Crippen molar-refractivity contribution in [2.24, 2.45) is 0 Å². The highest BCUT2D eigenvalue weighted by Crippen LogP contribution is 2.04. The molecule has 0 saturated carbocycles. The predicted molar refractivity (Wildman–Crippen MR) is 57.8 cm³/mol. The first-order valence-corrected chi connectivity index (χ1v) is 5.14. The molecule has 4 heteroatoms. The molecule has 0 aliphatic carbocycles. The van der Waals surface area contributed by atoms with Gasteiger partial charge in [0.05, 0.1) is 25.5 Å². The first-order valence-electron chi connectivity index (χ1n) is 5.14. The highest BCUT2D eigenvalue weighted by atomic mass is 16.5. The molecule has 1 heterocycles. The van der Waals surface area contributed by atoms with E-state index in [1.165, 1.54) is 0 Å². The monoisotopic (exact) mass is 213 g/mol. The molecule has 0 saturated heterocycles. The van der Waals surface area contributed by atoms with Crippen molar-refractivity contribution >= 4 is 0 Å². The van der Waals surface area contributed by atoms with Crippen LogP contribution in [-0.2, 0) is 11.2 Å². The molecule has 1 aromatic rings.